The van der Waals surface area contributed by atoms with Gasteiger partial charge in [-0.15, -0.1) is 0 Å². The number of hydrogen-bond donors (Lipinski definition) is 2. The van der Waals surface area contributed by atoms with E-state index in [-0.39, 0.29) is 0 Å². The maximum absolute atomic E-state index is 9.98. The Morgan fingerprint density at radius 1 is 1.27 bits per heavy atom. The first kappa shape index (κ1) is 13.0. The molecule has 90 valence electrons. The van der Waals surface area contributed by atoms with Gasteiger partial charge in [-0.05, 0) is 38.6 Å². The highest BCUT2D eigenvalue weighted by Gasteiger charge is 2.19. The summed E-state index contributed by atoms with van der Waals surface area (Å²) in [5.41, 5.74) is -0.510. The monoisotopic (exact) mass is 213 g/mol. The van der Waals surface area contributed by atoms with Gasteiger partial charge in [-0.1, -0.05) is 32.6 Å². The van der Waals surface area contributed by atoms with E-state index in [1.807, 2.05) is 6.92 Å². The van der Waals surface area contributed by atoms with Crippen molar-refractivity contribution in [1.29, 1.82) is 0 Å². The van der Waals surface area contributed by atoms with Crippen LogP contribution in [0, 0.1) is 5.92 Å². The van der Waals surface area contributed by atoms with E-state index < -0.39 is 5.60 Å². The van der Waals surface area contributed by atoms with Crippen molar-refractivity contribution < 1.29 is 5.11 Å². The maximum atomic E-state index is 9.98. The molecule has 1 aliphatic rings. The molecule has 0 spiro atoms. The lowest BCUT2D eigenvalue weighted by atomic mass is 9.89. The molecular formula is C13H27NO. The van der Waals surface area contributed by atoms with Crippen molar-refractivity contribution in [1.82, 2.24) is 5.32 Å². The Kier molecular flexibility index (Phi) is 5.62. The van der Waals surface area contributed by atoms with Gasteiger partial charge in [0.15, 0.2) is 0 Å². The topological polar surface area (TPSA) is 32.3 Å². The zero-order chi connectivity index (χ0) is 11.1. The van der Waals surface area contributed by atoms with Crippen molar-refractivity contribution in [3.63, 3.8) is 0 Å². The van der Waals surface area contributed by atoms with Gasteiger partial charge in [0.1, 0.15) is 0 Å². The normalized spacial score (nSPS) is 22.6. The summed E-state index contributed by atoms with van der Waals surface area (Å²) < 4.78 is 0. The Balaban J connectivity index is 2.09. The molecule has 1 rings (SSSR count). The third-order valence-corrected chi connectivity index (χ3v) is 3.45. The van der Waals surface area contributed by atoms with E-state index in [1.54, 1.807) is 0 Å². The van der Waals surface area contributed by atoms with Crippen LogP contribution in [0.15, 0.2) is 0 Å². The first-order chi connectivity index (χ1) is 7.14. The molecular weight excluding hydrogens is 186 g/mol. The second kappa shape index (κ2) is 6.49. The third kappa shape index (κ3) is 5.53. The second-order valence-corrected chi connectivity index (χ2v) is 5.38. The van der Waals surface area contributed by atoms with E-state index in [4.69, 9.17) is 0 Å². The van der Waals surface area contributed by atoms with E-state index in [2.05, 4.69) is 12.2 Å². The van der Waals surface area contributed by atoms with Crippen molar-refractivity contribution in [3.05, 3.63) is 0 Å². The predicted molar refractivity (Wildman–Crippen MR) is 65.0 cm³/mol. The Hall–Kier alpha value is -0.0800. The van der Waals surface area contributed by atoms with Gasteiger partial charge in [-0.25, -0.2) is 0 Å². The molecule has 2 heteroatoms. The summed E-state index contributed by atoms with van der Waals surface area (Å²) in [5, 5.41) is 13.4. The third-order valence-electron chi connectivity index (χ3n) is 3.45. The largest absolute Gasteiger partial charge is 0.389 e. The number of nitrogens with one attached hydrogen (secondary N) is 1. The van der Waals surface area contributed by atoms with Gasteiger partial charge in [-0.2, -0.15) is 0 Å². The molecule has 2 N–H and O–H groups in total. The van der Waals surface area contributed by atoms with E-state index >= 15 is 0 Å². The molecule has 0 bridgehead atoms. The summed E-state index contributed by atoms with van der Waals surface area (Å²) in [4.78, 5) is 0. The van der Waals surface area contributed by atoms with Crippen LogP contribution in [0.25, 0.3) is 0 Å². The van der Waals surface area contributed by atoms with Crippen LogP contribution in [0.4, 0.5) is 0 Å². The molecule has 0 aromatic carbocycles. The smallest absolute Gasteiger partial charge is 0.0743 e. The van der Waals surface area contributed by atoms with Gasteiger partial charge in [0.05, 0.1) is 5.60 Å². The molecule has 0 amide bonds. The standard InChI is InChI=1S/C13H27NO/c1-3-9-13(2,15)11-14-10-12-7-5-4-6-8-12/h12,14-15H,3-11H2,1-2H3. The Labute approximate surface area is 94.5 Å². The molecule has 0 aliphatic heterocycles. The highest BCUT2D eigenvalue weighted by molar-refractivity contribution is 4.76. The van der Waals surface area contributed by atoms with Crippen LogP contribution in [-0.2, 0) is 0 Å². The van der Waals surface area contributed by atoms with Gasteiger partial charge in [0, 0.05) is 6.54 Å². The maximum Gasteiger partial charge on any atom is 0.0743 e. The Bertz CT molecular complexity index is 162. The summed E-state index contributed by atoms with van der Waals surface area (Å²) in [6.45, 7) is 5.90. The molecule has 1 fully saturated rings. The molecule has 1 saturated carbocycles. The van der Waals surface area contributed by atoms with Crippen molar-refractivity contribution in [3.8, 4) is 0 Å². The van der Waals surface area contributed by atoms with E-state index in [9.17, 15) is 5.11 Å². The average molecular weight is 213 g/mol. The number of hydrogen-bond acceptors (Lipinski definition) is 2. The lowest BCUT2D eigenvalue weighted by molar-refractivity contribution is 0.0487. The average Bonchev–Trinajstić information content (AvgIpc) is 2.19. The van der Waals surface area contributed by atoms with Crippen LogP contribution in [0.1, 0.15) is 58.8 Å². The molecule has 0 aromatic heterocycles. The second-order valence-electron chi connectivity index (χ2n) is 5.38. The summed E-state index contributed by atoms with van der Waals surface area (Å²) in [6.07, 6.45) is 8.92. The first-order valence-electron chi connectivity index (χ1n) is 6.57. The summed E-state index contributed by atoms with van der Waals surface area (Å²) in [7, 11) is 0. The summed E-state index contributed by atoms with van der Waals surface area (Å²) in [6, 6.07) is 0. The fraction of sp³-hybridized carbons (Fsp3) is 1.00. The van der Waals surface area contributed by atoms with E-state index in [1.165, 1.54) is 32.1 Å². The van der Waals surface area contributed by atoms with E-state index in [0.29, 0.717) is 0 Å². The van der Waals surface area contributed by atoms with Gasteiger partial charge in [0.2, 0.25) is 0 Å². The van der Waals surface area contributed by atoms with Crippen LogP contribution < -0.4 is 5.32 Å². The van der Waals surface area contributed by atoms with Crippen molar-refractivity contribution in [2.24, 2.45) is 5.92 Å². The fourth-order valence-electron chi connectivity index (χ4n) is 2.56. The van der Waals surface area contributed by atoms with Gasteiger partial charge < -0.3 is 10.4 Å². The first-order valence-corrected chi connectivity index (χ1v) is 6.57. The number of aliphatic hydroxyl groups is 1. The predicted octanol–water partition coefficient (Wildman–Crippen LogP) is 2.71. The molecule has 1 atom stereocenters. The van der Waals surface area contributed by atoms with Crippen molar-refractivity contribution >= 4 is 0 Å². The van der Waals surface area contributed by atoms with Crippen molar-refractivity contribution in [2.45, 2.75) is 64.4 Å². The minimum absolute atomic E-state index is 0.510. The van der Waals surface area contributed by atoms with Gasteiger partial charge in [-0.3, -0.25) is 0 Å². The van der Waals surface area contributed by atoms with Gasteiger partial charge in [0.25, 0.3) is 0 Å². The molecule has 1 unspecified atom stereocenters. The zero-order valence-corrected chi connectivity index (χ0v) is 10.4. The minimum Gasteiger partial charge on any atom is -0.389 e. The molecule has 0 aromatic rings. The molecule has 0 saturated heterocycles. The van der Waals surface area contributed by atoms with Crippen LogP contribution in [0.5, 0.6) is 0 Å². The van der Waals surface area contributed by atoms with Crippen LogP contribution >= 0.6 is 0 Å². The van der Waals surface area contributed by atoms with Crippen LogP contribution in [0.3, 0.4) is 0 Å². The fourth-order valence-corrected chi connectivity index (χ4v) is 2.56. The Morgan fingerprint density at radius 3 is 2.53 bits per heavy atom. The lowest BCUT2D eigenvalue weighted by Gasteiger charge is -2.26. The summed E-state index contributed by atoms with van der Waals surface area (Å²) in [5.74, 6) is 0.858. The molecule has 1 aliphatic carbocycles. The minimum atomic E-state index is -0.510. The molecule has 15 heavy (non-hydrogen) atoms. The Morgan fingerprint density at radius 2 is 1.93 bits per heavy atom. The van der Waals surface area contributed by atoms with Crippen LogP contribution in [-0.4, -0.2) is 23.8 Å². The van der Waals surface area contributed by atoms with E-state index in [0.717, 1.165) is 31.8 Å². The SMILES string of the molecule is CCCC(C)(O)CNCC1CCCCC1. The molecule has 0 radical (unpaired) electrons. The highest BCUT2D eigenvalue weighted by Crippen LogP contribution is 2.22. The van der Waals surface area contributed by atoms with Gasteiger partial charge >= 0.3 is 0 Å². The molecule has 0 heterocycles. The quantitative estimate of drug-likeness (QED) is 0.711. The lowest BCUT2D eigenvalue weighted by Crippen LogP contribution is -2.39. The van der Waals surface area contributed by atoms with Crippen molar-refractivity contribution in [2.75, 3.05) is 13.1 Å². The number of rotatable bonds is 6. The highest BCUT2D eigenvalue weighted by atomic mass is 16.3. The molecule has 2 nitrogen and oxygen atoms in total. The summed E-state index contributed by atoms with van der Waals surface area (Å²) >= 11 is 0. The zero-order valence-electron chi connectivity index (χ0n) is 10.4. The van der Waals surface area contributed by atoms with Crippen LogP contribution in [0.2, 0.25) is 0 Å².